The number of pyridine rings is 2. The summed E-state index contributed by atoms with van der Waals surface area (Å²) in [6.07, 6.45) is 2.73. The van der Waals surface area contributed by atoms with Crippen LogP contribution in [0.5, 0.6) is 23.0 Å². The molecule has 5 aromatic rings. The van der Waals surface area contributed by atoms with Crippen molar-refractivity contribution in [3.05, 3.63) is 106 Å². The van der Waals surface area contributed by atoms with E-state index in [-0.39, 0.29) is 33.8 Å². The van der Waals surface area contributed by atoms with Crippen molar-refractivity contribution < 1.29 is 32.6 Å². The van der Waals surface area contributed by atoms with Gasteiger partial charge in [-0.2, -0.15) is 0 Å². The lowest BCUT2D eigenvalue weighted by molar-refractivity contribution is 0.0983. The second-order valence-corrected chi connectivity index (χ2v) is 10.2. The maximum Gasteiger partial charge on any atom is 0.266 e. The fraction of sp³-hybridized carbons (Fsp3) is 0.152. The first-order valence-electron chi connectivity index (χ1n) is 13.7. The number of carbonyl (C=O) groups excluding carboxylic acids is 2. The number of fused-ring (bicyclic) bond motifs is 1. The fourth-order valence-electron chi connectivity index (χ4n) is 4.85. The number of ether oxygens (including phenoxy) is 3. The smallest absolute Gasteiger partial charge is 0.266 e. The van der Waals surface area contributed by atoms with Gasteiger partial charge in [0.25, 0.3) is 11.8 Å². The minimum atomic E-state index is -0.899. The Labute approximate surface area is 256 Å². The number of amides is 2. The topological polar surface area (TPSA) is 135 Å². The molecule has 5 rings (SSSR count). The number of rotatable bonds is 9. The predicted octanol–water partition coefficient (Wildman–Crippen LogP) is 6.08. The van der Waals surface area contributed by atoms with Gasteiger partial charge in [-0.3, -0.25) is 19.4 Å². The fourth-order valence-corrected chi connectivity index (χ4v) is 4.85. The van der Waals surface area contributed by atoms with E-state index in [4.69, 9.17) is 19.9 Å². The van der Waals surface area contributed by atoms with Crippen molar-refractivity contribution in [2.24, 2.45) is 5.73 Å². The van der Waals surface area contributed by atoms with Crippen LogP contribution in [-0.4, -0.2) is 35.6 Å². The van der Waals surface area contributed by atoms with Crippen LogP contribution in [0.15, 0.2) is 77.9 Å². The van der Waals surface area contributed by atoms with Crippen molar-refractivity contribution in [1.29, 1.82) is 0 Å². The summed E-state index contributed by atoms with van der Waals surface area (Å²) in [5.74, 6) is -2.04. The Morgan fingerprint density at radius 2 is 1.60 bits per heavy atom. The molecule has 0 aliphatic heterocycles. The molecule has 230 valence electrons. The number of nitrogens with two attached hydrogens (primary N) is 1. The molecule has 0 radical (unpaired) electrons. The lowest BCUT2D eigenvalue weighted by Gasteiger charge is -2.20. The zero-order chi connectivity index (χ0) is 32.4. The van der Waals surface area contributed by atoms with E-state index in [0.717, 1.165) is 18.2 Å². The molecule has 12 heteroatoms. The van der Waals surface area contributed by atoms with Crippen molar-refractivity contribution in [3.63, 3.8) is 0 Å². The number of methoxy groups -OCH3 is 2. The van der Waals surface area contributed by atoms with Crippen LogP contribution in [0.1, 0.15) is 40.7 Å². The standard InChI is InChI=1S/C33H28F2N4O6/c1-17(2)39-16-22(31(40)29(30(39)32(36)41)18-5-7-19(34)8-6-18)33(42)38-20-9-10-26(23(35)13-20)45-25-11-12-37-24-15-28(44-4)27(43-3)14-21(24)25/h5-17H,1-4H3,(H2,36,41)(H,38,42). The van der Waals surface area contributed by atoms with Crippen molar-refractivity contribution in [3.8, 4) is 34.1 Å². The van der Waals surface area contributed by atoms with Gasteiger partial charge in [0.1, 0.15) is 22.8 Å². The molecule has 45 heavy (non-hydrogen) atoms. The number of benzene rings is 3. The first-order valence-corrected chi connectivity index (χ1v) is 13.7. The van der Waals surface area contributed by atoms with E-state index in [1.165, 1.54) is 55.4 Å². The first kappa shape index (κ1) is 30.7. The highest BCUT2D eigenvalue weighted by atomic mass is 19.1. The normalized spacial score (nSPS) is 11.0. The molecular formula is C33H28F2N4O6. The van der Waals surface area contributed by atoms with Crippen LogP contribution in [0.4, 0.5) is 14.5 Å². The Balaban J connectivity index is 1.48. The lowest BCUT2D eigenvalue weighted by atomic mass is 9.99. The Kier molecular flexibility index (Phi) is 8.48. The molecule has 2 heterocycles. The number of hydrogen-bond donors (Lipinski definition) is 2. The SMILES string of the molecule is COc1cc2nccc(Oc3ccc(NC(=O)c4cn(C(C)C)c(C(N)=O)c(-c5ccc(F)cc5)c4=O)cc3F)c2cc1OC. The van der Waals surface area contributed by atoms with E-state index >= 15 is 4.39 Å². The summed E-state index contributed by atoms with van der Waals surface area (Å²) in [4.78, 5) is 43.8. The number of nitrogens with zero attached hydrogens (tertiary/aromatic N) is 2. The van der Waals surface area contributed by atoms with Crippen LogP contribution < -0.4 is 30.7 Å². The summed E-state index contributed by atoms with van der Waals surface area (Å²) in [5.41, 5.74) is 4.98. The maximum absolute atomic E-state index is 15.3. The maximum atomic E-state index is 15.3. The minimum absolute atomic E-state index is 0.0358. The van der Waals surface area contributed by atoms with Gasteiger partial charge in [0.05, 0.1) is 25.3 Å². The summed E-state index contributed by atoms with van der Waals surface area (Å²) >= 11 is 0. The van der Waals surface area contributed by atoms with E-state index in [1.807, 2.05) is 0 Å². The first-order chi connectivity index (χ1) is 21.5. The van der Waals surface area contributed by atoms with Crippen molar-refractivity contribution in [2.75, 3.05) is 19.5 Å². The van der Waals surface area contributed by atoms with Gasteiger partial charge in [0.15, 0.2) is 23.1 Å². The molecule has 0 bridgehead atoms. The van der Waals surface area contributed by atoms with Gasteiger partial charge in [0, 0.05) is 41.6 Å². The van der Waals surface area contributed by atoms with Crippen LogP contribution in [-0.2, 0) is 0 Å². The number of aromatic nitrogens is 2. The van der Waals surface area contributed by atoms with Gasteiger partial charge in [-0.25, -0.2) is 8.78 Å². The van der Waals surface area contributed by atoms with E-state index < -0.39 is 34.9 Å². The van der Waals surface area contributed by atoms with Gasteiger partial charge in [0.2, 0.25) is 5.43 Å². The Hall–Kier alpha value is -5.78. The molecule has 2 aromatic heterocycles. The Bertz CT molecular complexity index is 2010. The summed E-state index contributed by atoms with van der Waals surface area (Å²) in [6.45, 7) is 3.47. The average molecular weight is 615 g/mol. The number of primary amides is 1. The average Bonchev–Trinajstić information content (AvgIpc) is 3.01. The molecule has 0 saturated heterocycles. The quantitative estimate of drug-likeness (QED) is 0.205. The Morgan fingerprint density at radius 3 is 2.22 bits per heavy atom. The van der Waals surface area contributed by atoms with E-state index in [2.05, 4.69) is 10.3 Å². The second-order valence-electron chi connectivity index (χ2n) is 10.2. The highest BCUT2D eigenvalue weighted by Crippen LogP contribution is 2.37. The third-order valence-corrected chi connectivity index (χ3v) is 7.02. The van der Waals surface area contributed by atoms with Gasteiger partial charge in [-0.1, -0.05) is 12.1 Å². The van der Waals surface area contributed by atoms with E-state index in [1.54, 1.807) is 32.0 Å². The van der Waals surface area contributed by atoms with E-state index in [0.29, 0.717) is 28.2 Å². The third kappa shape index (κ3) is 6.03. The van der Waals surface area contributed by atoms with E-state index in [9.17, 15) is 18.8 Å². The lowest BCUT2D eigenvalue weighted by Crippen LogP contribution is -2.31. The number of anilines is 1. The summed E-state index contributed by atoms with van der Waals surface area (Å²) in [5, 5.41) is 3.07. The minimum Gasteiger partial charge on any atom is -0.493 e. The molecule has 0 spiro atoms. The van der Waals surface area contributed by atoms with Gasteiger partial charge < -0.3 is 29.8 Å². The monoisotopic (exact) mass is 614 g/mol. The number of carbonyl (C=O) groups is 2. The van der Waals surface area contributed by atoms with Crippen molar-refractivity contribution in [2.45, 2.75) is 19.9 Å². The summed E-state index contributed by atoms with van der Waals surface area (Å²) < 4.78 is 46.9. The zero-order valence-corrected chi connectivity index (χ0v) is 24.7. The second kappa shape index (κ2) is 12.4. The summed E-state index contributed by atoms with van der Waals surface area (Å²) in [6, 6.07) is 13.2. The largest absolute Gasteiger partial charge is 0.493 e. The van der Waals surface area contributed by atoms with Crippen molar-refractivity contribution in [1.82, 2.24) is 9.55 Å². The summed E-state index contributed by atoms with van der Waals surface area (Å²) in [7, 11) is 2.99. The molecule has 0 aliphatic rings. The predicted molar refractivity (Wildman–Crippen MR) is 164 cm³/mol. The van der Waals surface area contributed by atoms with Crippen LogP contribution in [0.3, 0.4) is 0 Å². The molecule has 0 aliphatic carbocycles. The molecule has 2 amide bonds. The molecule has 10 nitrogen and oxygen atoms in total. The van der Waals surface area contributed by atoms with Crippen LogP contribution in [0, 0.1) is 11.6 Å². The van der Waals surface area contributed by atoms with Crippen molar-refractivity contribution >= 4 is 28.4 Å². The molecule has 0 atom stereocenters. The number of hydrogen-bond acceptors (Lipinski definition) is 7. The zero-order valence-electron chi connectivity index (χ0n) is 24.7. The molecule has 0 fully saturated rings. The molecule has 0 saturated carbocycles. The van der Waals surface area contributed by atoms with Crippen LogP contribution >= 0.6 is 0 Å². The third-order valence-electron chi connectivity index (χ3n) is 7.02. The Morgan fingerprint density at radius 1 is 0.911 bits per heavy atom. The molecule has 3 N–H and O–H groups in total. The van der Waals surface area contributed by atoms with Crippen LogP contribution in [0.25, 0.3) is 22.0 Å². The van der Waals surface area contributed by atoms with Gasteiger partial charge in [-0.05, 0) is 55.8 Å². The highest BCUT2D eigenvalue weighted by molar-refractivity contribution is 6.06. The van der Waals surface area contributed by atoms with Gasteiger partial charge in [-0.15, -0.1) is 0 Å². The highest BCUT2D eigenvalue weighted by Gasteiger charge is 2.25. The molecule has 0 unspecified atom stereocenters. The van der Waals surface area contributed by atoms with Gasteiger partial charge >= 0.3 is 0 Å². The number of halogens is 2. The number of nitrogens with one attached hydrogen (secondary N) is 1. The van der Waals surface area contributed by atoms with Crippen LogP contribution in [0.2, 0.25) is 0 Å². The molecular weight excluding hydrogens is 586 g/mol. The molecule has 3 aromatic carbocycles.